The van der Waals surface area contributed by atoms with Crippen molar-refractivity contribution >= 4 is 35.5 Å². The van der Waals surface area contributed by atoms with Crippen LogP contribution >= 0.6 is 11.6 Å². The molecular formula is C32H36ClF3N6O5. The number of alkyl halides is 2. The summed E-state index contributed by atoms with van der Waals surface area (Å²) < 4.78 is 48.3. The molecule has 11 nitrogen and oxygen atoms in total. The molecule has 0 bridgehead atoms. The maximum Gasteiger partial charge on any atom is 0.414 e. The Morgan fingerprint density at radius 2 is 1.79 bits per heavy atom. The molecule has 15 heteroatoms. The first-order chi connectivity index (χ1) is 21.8. The van der Waals surface area contributed by atoms with Gasteiger partial charge in [-0.05, 0) is 61.9 Å². The first-order valence-electron chi connectivity index (χ1n) is 14.5. The Hall–Kier alpha value is -4.43. The van der Waals surface area contributed by atoms with Crippen molar-refractivity contribution in [2.75, 3.05) is 6.61 Å². The molecule has 4 rings (SSSR count). The molecule has 0 spiro atoms. The van der Waals surface area contributed by atoms with Crippen molar-refractivity contribution in [1.82, 2.24) is 20.0 Å². The van der Waals surface area contributed by atoms with Gasteiger partial charge < -0.3 is 15.6 Å². The van der Waals surface area contributed by atoms with Gasteiger partial charge in [0, 0.05) is 17.3 Å². The number of aliphatic hydroxyl groups excluding tert-OH is 1. The normalized spacial score (nSPS) is 17.6. The minimum Gasteiger partial charge on any atom is -0.444 e. The van der Waals surface area contributed by atoms with Crippen LogP contribution in [-0.4, -0.2) is 55.9 Å². The Morgan fingerprint density at radius 1 is 1.11 bits per heavy atom. The number of primary amides is 1. The summed E-state index contributed by atoms with van der Waals surface area (Å²) in [6, 6.07) is 6.75. The largest absolute Gasteiger partial charge is 0.444 e. The van der Waals surface area contributed by atoms with Gasteiger partial charge in [0.05, 0.1) is 29.4 Å². The summed E-state index contributed by atoms with van der Waals surface area (Å²) >= 11 is 6.15. The average Bonchev–Trinajstić information content (AvgIpc) is 3.53. The average molecular weight is 677 g/mol. The monoisotopic (exact) mass is 676 g/mol. The Labute approximate surface area is 274 Å². The van der Waals surface area contributed by atoms with Crippen molar-refractivity contribution in [3.63, 3.8) is 0 Å². The fourth-order valence-electron chi connectivity index (χ4n) is 5.40. The van der Waals surface area contributed by atoms with Crippen molar-refractivity contribution in [2.24, 2.45) is 16.1 Å². The molecule has 252 valence electrons. The van der Waals surface area contributed by atoms with E-state index in [1.54, 1.807) is 20.8 Å². The van der Waals surface area contributed by atoms with Crippen LogP contribution in [0, 0.1) is 11.2 Å². The Balaban J connectivity index is 1.91. The third kappa shape index (κ3) is 7.60. The molecule has 0 saturated carbocycles. The minimum atomic E-state index is -2.89. The molecular weight excluding hydrogens is 641 g/mol. The molecule has 1 unspecified atom stereocenters. The topological polar surface area (TPSA) is 152 Å². The molecule has 0 radical (unpaired) electrons. The summed E-state index contributed by atoms with van der Waals surface area (Å²) in [7, 11) is 0. The summed E-state index contributed by atoms with van der Waals surface area (Å²) in [4.78, 5) is 45.5. The number of hydrogen-bond acceptors (Lipinski definition) is 7. The predicted octanol–water partition coefficient (Wildman–Crippen LogP) is 5.92. The molecule has 0 aliphatic carbocycles. The SMILES string of the molecule is CC(C)(C)C[C@]1(c2ccc(-c3cnn(C(F)F)c3)cc2F)N=C(NC(=O)OC(C)(C)C)N(C(CO)c2ccc(Cl)c(C(N)=O)c2)C1=O. The molecule has 2 atom stereocenters. The number of nitrogens with zero attached hydrogens (tertiary/aromatic N) is 4. The molecule has 2 aromatic carbocycles. The number of amides is 3. The molecule has 47 heavy (non-hydrogen) atoms. The van der Waals surface area contributed by atoms with Crippen molar-refractivity contribution in [1.29, 1.82) is 0 Å². The van der Waals surface area contributed by atoms with Gasteiger partial charge in [0.1, 0.15) is 11.4 Å². The number of halogens is 4. The fourth-order valence-corrected chi connectivity index (χ4v) is 5.61. The van der Waals surface area contributed by atoms with Gasteiger partial charge in [0.2, 0.25) is 11.9 Å². The van der Waals surface area contributed by atoms with E-state index >= 15 is 4.39 Å². The number of hydrogen-bond donors (Lipinski definition) is 3. The zero-order valence-electron chi connectivity index (χ0n) is 26.6. The fraction of sp³-hybridized carbons (Fsp3) is 0.406. The van der Waals surface area contributed by atoms with Crippen LogP contribution in [0.25, 0.3) is 11.1 Å². The van der Waals surface area contributed by atoms with Crippen molar-refractivity contribution in [2.45, 2.75) is 71.7 Å². The zero-order valence-corrected chi connectivity index (χ0v) is 27.4. The van der Waals surface area contributed by atoms with E-state index in [4.69, 9.17) is 22.1 Å². The lowest BCUT2D eigenvalue weighted by Crippen LogP contribution is -2.50. The first-order valence-corrected chi connectivity index (χ1v) is 14.9. The van der Waals surface area contributed by atoms with E-state index in [0.717, 1.165) is 23.4 Å². The lowest BCUT2D eigenvalue weighted by Gasteiger charge is -2.35. The summed E-state index contributed by atoms with van der Waals surface area (Å²) in [6.07, 6.45) is 1.18. The van der Waals surface area contributed by atoms with Crippen LogP contribution in [-0.2, 0) is 15.1 Å². The van der Waals surface area contributed by atoms with E-state index in [0.29, 0.717) is 4.68 Å². The summed E-state index contributed by atoms with van der Waals surface area (Å²) in [5.74, 6) is -2.88. The van der Waals surface area contributed by atoms with E-state index in [1.165, 1.54) is 30.3 Å². The van der Waals surface area contributed by atoms with Crippen LogP contribution in [0.3, 0.4) is 0 Å². The maximum atomic E-state index is 16.2. The zero-order chi connectivity index (χ0) is 35.1. The molecule has 0 fully saturated rings. The summed E-state index contributed by atoms with van der Waals surface area (Å²) in [6.45, 7) is 6.72. The van der Waals surface area contributed by atoms with Crippen LogP contribution in [0.1, 0.15) is 82.0 Å². The van der Waals surface area contributed by atoms with E-state index in [9.17, 15) is 28.3 Å². The first kappa shape index (κ1) is 35.4. The summed E-state index contributed by atoms with van der Waals surface area (Å²) in [5.41, 5.74) is 2.30. The molecule has 0 saturated heterocycles. The quantitative estimate of drug-likeness (QED) is 0.269. The van der Waals surface area contributed by atoms with Gasteiger partial charge in [0.15, 0.2) is 5.54 Å². The van der Waals surface area contributed by atoms with Crippen molar-refractivity contribution in [3.8, 4) is 11.1 Å². The molecule has 1 aliphatic heterocycles. The number of alkyl carbamates (subject to hydrolysis) is 1. The number of rotatable bonds is 8. The molecule has 4 N–H and O–H groups in total. The van der Waals surface area contributed by atoms with Crippen LogP contribution in [0.5, 0.6) is 0 Å². The van der Waals surface area contributed by atoms with Crippen molar-refractivity contribution in [3.05, 3.63) is 76.3 Å². The standard InChI is InChI=1S/C32H36ClF3N6O5/c1-30(2,3)16-32(21-9-7-17(12-23(21)34)19-13-38-41(14-19)27(35)36)26(45)42(28(40-32)39-29(46)47-31(4,5)6)24(15-43)18-8-10-22(33)20(11-18)25(37)44/h7-14,24,27,43H,15-16H2,1-6H3,(H2,37,44)(H,39,40,46)/t24?,32-/m1/s1. The third-order valence-corrected chi connectivity index (χ3v) is 7.50. The van der Waals surface area contributed by atoms with E-state index < -0.39 is 59.5 Å². The van der Waals surface area contributed by atoms with E-state index in [-0.39, 0.29) is 45.2 Å². The molecule has 1 aliphatic rings. The van der Waals surface area contributed by atoms with Crippen LogP contribution in [0.15, 0.2) is 53.8 Å². The highest BCUT2D eigenvalue weighted by atomic mass is 35.5. The number of carbonyl (C=O) groups is 3. The van der Waals surface area contributed by atoms with Crippen LogP contribution in [0.2, 0.25) is 5.02 Å². The highest BCUT2D eigenvalue weighted by molar-refractivity contribution is 6.33. The van der Waals surface area contributed by atoms with Crippen LogP contribution in [0.4, 0.5) is 18.0 Å². The number of nitrogens with one attached hydrogen (secondary N) is 1. The number of nitrogens with two attached hydrogens (primary N) is 1. The Kier molecular flexibility index (Phi) is 9.79. The van der Waals surface area contributed by atoms with Gasteiger partial charge in [0.25, 0.3) is 5.91 Å². The van der Waals surface area contributed by atoms with Gasteiger partial charge in [-0.1, -0.05) is 50.6 Å². The number of aromatic nitrogens is 2. The predicted molar refractivity (Wildman–Crippen MR) is 168 cm³/mol. The molecule has 3 aromatic rings. The third-order valence-electron chi connectivity index (χ3n) is 7.17. The lowest BCUT2D eigenvalue weighted by molar-refractivity contribution is -0.135. The van der Waals surface area contributed by atoms with Gasteiger partial charge in [-0.25, -0.2) is 18.9 Å². The Morgan fingerprint density at radius 3 is 2.32 bits per heavy atom. The highest BCUT2D eigenvalue weighted by Crippen LogP contribution is 2.46. The minimum absolute atomic E-state index is 0.0368. The van der Waals surface area contributed by atoms with Gasteiger partial charge in [-0.2, -0.15) is 13.9 Å². The Bertz CT molecular complexity index is 1730. The maximum absolute atomic E-state index is 16.2. The second kappa shape index (κ2) is 13.0. The molecule has 1 aromatic heterocycles. The second-order valence-electron chi connectivity index (χ2n) is 13.3. The number of aliphatic hydroxyl groups is 1. The van der Waals surface area contributed by atoms with Gasteiger partial charge in [-0.15, -0.1) is 0 Å². The van der Waals surface area contributed by atoms with E-state index in [1.807, 2.05) is 20.8 Å². The number of benzene rings is 2. The van der Waals surface area contributed by atoms with Gasteiger partial charge >= 0.3 is 12.6 Å². The summed E-state index contributed by atoms with van der Waals surface area (Å²) in [5, 5.41) is 16.8. The van der Waals surface area contributed by atoms with Gasteiger partial charge in [-0.3, -0.25) is 19.8 Å². The number of carbonyl (C=O) groups excluding carboxylic acids is 3. The molecule has 2 heterocycles. The van der Waals surface area contributed by atoms with E-state index in [2.05, 4.69) is 15.4 Å². The highest BCUT2D eigenvalue weighted by Gasteiger charge is 2.55. The molecule has 3 amide bonds. The van der Waals surface area contributed by atoms with Crippen LogP contribution < -0.4 is 11.1 Å². The second-order valence-corrected chi connectivity index (χ2v) is 13.7. The number of guanidine groups is 1. The lowest BCUT2D eigenvalue weighted by atomic mass is 9.75. The smallest absolute Gasteiger partial charge is 0.414 e. The van der Waals surface area contributed by atoms with Crippen molar-refractivity contribution < 1.29 is 37.4 Å². The number of ether oxygens (including phenoxy) is 1. The number of aliphatic imine (C=N–C) groups is 1.